The molecule has 3 rings (SSSR count). The summed E-state index contributed by atoms with van der Waals surface area (Å²) in [5.41, 5.74) is 7.72. The first-order valence-electron chi connectivity index (χ1n) is 9.02. The van der Waals surface area contributed by atoms with E-state index in [-0.39, 0.29) is 35.7 Å². The van der Waals surface area contributed by atoms with Crippen LogP contribution in [-0.2, 0) is 0 Å². The third-order valence-corrected chi connectivity index (χ3v) is 4.50. The number of carbonyl (C=O) groups excluding carboxylic acids is 1. The second-order valence-corrected chi connectivity index (χ2v) is 6.31. The van der Waals surface area contributed by atoms with E-state index in [1.54, 1.807) is 24.3 Å². The topological polar surface area (TPSA) is 74.0 Å². The van der Waals surface area contributed by atoms with Crippen molar-refractivity contribution in [3.05, 3.63) is 66.0 Å². The summed E-state index contributed by atoms with van der Waals surface area (Å²) in [5, 5.41) is 2.83. The van der Waals surface area contributed by atoms with Crippen LogP contribution in [0.4, 0.5) is 10.1 Å². The summed E-state index contributed by atoms with van der Waals surface area (Å²) in [4.78, 5) is 20.5. The first-order valence-corrected chi connectivity index (χ1v) is 9.02. The van der Waals surface area contributed by atoms with E-state index in [1.165, 1.54) is 12.1 Å². The Hall–Kier alpha value is -2.36. The van der Waals surface area contributed by atoms with E-state index in [9.17, 15) is 9.18 Å². The molecule has 1 saturated heterocycles. The van der Waals surface area contributed by atoms with Crippen molar-refractivity contribution in [3.63, 3.8) is 0 Å². The Morgan fingerprint density at radius 1 is 1.04 bits per heavy atom. The van der Waals surface area contributed by atoms with Crippen LogP contribution in [0.5, 0.6) is 0 Å². The smallest absolute Gasteiger partial charge is 0.251 e. The van der Waals surface area contributed by atoms with E-state index in [2.05, 4.69) is 15.2 Å². The molecule has 0 bridgehead atoms. The van der Waals surface area contributed by atoms with Gasteiger partial charge >= 0.3 is 0 Å². The van der Waals surface area contributed by atoms with Crippen molar-refractivity contribution in [1.29, 1.82) is 0 Å². The third-order valence-electron chi connectivity index (χ3n) is 4.50. The molecule has 0 aromatic heterocycles. The van der Waals surface area contributed by atoms with Crippen molar-refractivity contribution in [2.75, 3.05) is 44.2 Å². The number of anilines is 1. The lowest BCUT2D eigenvalue weighted by molar-refractivity contribution is 0.0955. The van der Waals surface area contributed by atoms with Crippen LogP contribution in [0.25, 0.3) is 0 Å². The van der Waals surface area contributed by atoms with Crippen LogP contribution in [0, 0.1) is 5.82 Å². The van der Waals surface area contributed by atoms with E-state index in [1.807, 2.05) is 23.1 Å². The summed E-state index contributed by atoms with van der Waals surface area (Å²) in [7, 11) is 0. The van der Waals surface area contributed by atoms with Crippen LogP contribution in [-0.4, -0.2) is 56.0 Å². The molecule has 150 valence electrons. The molecule has 1 heterocycles. The second-order valence-electron chi connectivity index (χ2n) is 6.31. The molecule has 1 aliphatic heterocycles. The molecule has 6 nitrogen and oxygen atoms in total. The number of benzene rings is 2. The van der Waals surface area contributed by atoms with Crippen LogP contribution in [0.1, 0.15) is 10.4 Å². The Labute approximate surface area is 181 Å². The summed E-state index contributed by atoms with van der Waals surface area (Å²) in [6.45, 7) is 3.97. The van der Waals surface area contributed by atoms with E-state index >= 15 is 0 Å². The highest BCUT2D eigenvalue weighted by Gasteiger charge is 2.18. The average Bonchev–Trinajstić information content (AvgIpc) is 2.72. The van der Waals surface area contributed by atoms with Crippen molar-refractivity contribution >= 4 is 41.5 Å². The summed E-state index contributed by atoms with van der Waals surface area (Å²) in [6.07, 6.45) is 0. The summed E-state index contributed by atoms with van der Waals surface area (Å²) in [6, 6.07) is 15.6. The minimum Gasteiger partial charge on any atom is -0.370 e. The van der Waals surface area contributed by atoms with Gasteiger partial charge < -0.3 is 20.9 Å². The molecule has 3 N–H and O–H groups in total. The molecule has 0 radical (unpaired) electrons. The maximum atomic E-state index is 13.0. The molecule has 28 heavy (non-hydrogen) atoms. The van der Waals surface area contributed by atoms with E-state index in [4.69, 9.17) is 5.73 Å². The molecule has 0 saturated carbocycles. The number of rotatable bonds is 5. The Morgan fingerprint density at radius 3 is 2.32 bits per heavy atom. The summed E-state index contributed by atoms with van der Waals surface area (Å²) < 4.78 is 13.0. The standard InChI is InChI=1S/C20H24FN5O.HI/c21-17-6-8-18(9-7-17)25-12-14-26(15-13-25)20(22)24-11-10-23-19(27)16-4-2-1-3-5-16;/h1-9H,10-15H2,(H2,22,24)(H,23,27);1H. The van der Waals surface area contributed by atoms with Crippen molar-refractivity contribution in [3.8, 4) is 0 Å². The minimum absolute atomic E-state index is 0. The first-order chi connectivity index (χ1) is 13.1. The normalized spacial score (nSPS) is 14.4. The molecule has 0 spiro atoms. The van der Waals surface area contributed by atoms with Crippen LogP contribution in [0.15, 0.2) is 59.6 Å². The van der Waals surface area contributed by atoms with Gasteiger partial charge in [-0.25, -0.2) is 4.39 Å². The monoisotopic (exact) mass is 497 g/mol. The SMILES string of the molecule is I.NC(=NCCNC(=O)c1ccccc1)N1CCN(c2ccc(F)cc2)CC1. The number of carbonyl (C=O) groups is 1. The van der Waals surface area contributed by atoms with Gasteiger partial charge in [0.05, 0.1) is 6.54 Å². The zero-order chi connectivity index (χ0) is 19.1. The van der Waals surface area contributed by atoms with Crippen LogP contribution in [0.3, 0.4) is 0 Å². The lowest BCUT2D eigenvalue weighted by Crippen LogP contribution is -2.51. The van der Waals surface area contributed by atoms with Gasteiger partial charge in [0.25, 0.3) is 5.91 Å². The number of hydrogen-bond acceptors (Lipinski definition) is 3. The number of amides is 1. The summed E-state index contributed by atoms with van der Waals surface area (Å²) in [5.74, 6) is 0.146. The molecule has 1 aliphatic rings. The van der Waals surface area contributed by atoms with E-state index in [0.29, 0.717) is 24.6 Å². The highest BCUT2D eigenvalue weighted by molar-refractivity contribution is 14.0. The van der Waals surface area contributed by atoms with Gasteiger partial charge in [0.1, 0.15) is 5.82 Å². The Morgan fingerprint density at radius 2 is 1.68 bits per heavy atom. The molecule has 2 aromatic carbocycles. The van der Waals surface area contributed by atoms with Gasteiger partial charge in [0.15, 0.2) is 5.96 Å². The number of guanidine groups is 1. The van der Waals surface area contributed by atoms with Gasteiger partial charge in [-0.05, 0) is 36.4 Å². The summed E-state index contributed by atoms with van der Waals surface area (Å²) >= 11 is 0. The fourth-order valence-corrected chi connectivity index (χ4v) is 2.98. The third kappa shape index (κ3) is 6.08. The molecule has 0 unspecified atom stereocenters. The molecule has 1 amide bonds. The van der Waals surface area contributed by atoms with Crippen LogP contribution < -0.4 is 16.0 Å². The van der Waals surface area contributed by atoms with Crippen molar-refractivity contribution < 1.29 is 9.18 Å². The Kier molecular flexibility index (Phi) is 8.49. The molecular formula is C20H25FIN5O. The average molecular weight is 497 g/mol. The zero-order valence-electron chi connectivity index (χ0n) is 15.6. The highest BCUT2D eigenvalue weighted by Crippen LogP contribution is 2.16. The van der Waals surface area contributed by atoms with Gasteiger partial charge in [-0.15, -0.1) is 24.0 Å². The number of halogens is 2. The fraction of sp³-hybridized carbons (Fsp3) is 0.300. The predicted molar refractivity (Wildman–Crippen MR) is 121 cm³/mol. The largest absolute Gasteiger partial charge is 0.370 e. The lowest BCUT2D eigenvalue weighted by atomic mass is 10.2. The van der Waals surface area contributed by atoms with Crippen molar-refractivity contribution in [2.45, 2.75) is 0 Å². The second kappa shape index (κ2) is 10.8. The molecule has 0 aliphatic carbocycles. The quantitative estimate of drug-likeness (QED) is 0.288. The molecular weight excluding hydrogens is 472 g/mol. The molecule has 1 fully saturated rings. The van der Waals surface area contributed by atoms with Gasteiger partial charge in [-0.1, -0.05) is 18.2 Å². The lowest BCUT2D eigenvalue weighted by Gasteiger charge is -2.36. The number of piperazine rings is 1. The Bertz CT molecular complexity index is 777. The number of hydrogen-bond donors (Lipinski definition) is 2. The zero-order valence-corrected chi connectivity index (χ0v) is 17.9. The molecule has 2 aromatic rings. The molecule has 8 heteroatoms. The van der Waals surface area contributed by atoms with Gasteiger partial charge in [0, 0.05) is 44.0 Å². The fourth-order valence-electron chi connectivity index (χ4n) is 2.98. The highest BCUT2D eigenvalue weighted by atomic mass is 127. The number of aliphatic imine (C=N–C) groups is 1. The van der Waals surface area contributed by atoms with Crippen molar-refractivity contribution in [2.24, 2.45) is 10.7 Å². The first kappa shape index (κ1) is 21.9. The van der Waals surface area contributed by atoms with Crippen LogP contribution in [0.2, 0.25) is 0 Å². The minimum atomic E-state index is -0.229. The van der Waals surface area contributed by atoms with Gasteiger partial charge in [-0.3, -0.25) is 9.79 Å². The van der Waals surface area contributed by atoms with Gasteiger partial charge in [-0.2, -0.15) is 0 Å². The van der Waals surface area contributed by atoms with E-state index in [0.717, 1.165) is 31.9 Å². The predicted octanol–water partition coefficient (Wildman–Crippen LogP) is 2.31. The van der Waals surface area contributed by atoms with Gasteiger partial charge in [0.2, 0.25) is 0 Å². The number of nitrogens with two attached hydrogens (primary N) is 1. The van der Waals surface area contributed by atoms with E-state index < -0.39 is 0 Å². The number of nitrogens with zero attached hydrogens (tertiary/aromatic N) is 3. The maximum absolute atomic E-state index is 13.0. The number of nitrogens with one attached hydrogen (secondary N) is 1. The van der Waals surface area contributed by atoms with Crippen molar-refractivity contribution in [1.82, 2.24) is 10.2 Å². The maximum Gasteiger partial charge on any atom is 0.251 e. The van der Waals surface area contributed by atoms with Crippen LogP contribution >= 0.6 is 24.0 Å². The Balaban J connectivity index is 0.00000280. The molecule has 0 atom stereocenters.